The van der Waals surface area contributed by atoms with Gasteiger partial charge in [-0.2, -0.15) is 0 Å². The molecule has 0 saturated carbocycles. The molecule has 0 spiro atoms. The summed E-state index contributed by atoms with van der Waals surface area (Å²) in [6, 6.07) is 3.77. The Labute approximate surface area is 146 Å². The highest BCUT2D eigenvalue weighted by atomic mass is 16.6. The Morgan fingerprint density at radius 1 is 1.20 bits per heavy atom. The van der Waals surface area contributed by atoms with Gasteiger partial charge in [-0.25, -0.2) is 9.59 Å². The van der Waals surface area contributed by atoms with Gasteiger partial charge in [0.1, 0.15) is 11.3 Å². The Morgan fingerprint density at radius 2 is 1.92 bits per heavy atom. The van der Waals surface area contributed by atoms with Crippen LogP contribution in [-0.2, 0) is 28.8 Å². The highest BCUT2D eigenvalue weighted by Crippen LogP contribution is 2.32. The Morgan fingerprint density at radius 3 is 2.60 bits per heavy atom. The molecule has 1 aromatic carbocycles. The van der Waals surface area contributed by atoms with Gasteiger partial charge in [0.15, 0.2) is 6.10 Å². The van der Waals surface area contributed by atoms with E-state index in [1.165, 1.54) is 0 Å². The van der Waals surface area contributed by atoms with Crippen LogP contribution in [0.5, 0.6) is 5.75 Å². The van der Waals surface area contributed by atoms with Crippen molar-refractivity contribution in [2.75, 3.05) is 6.61 Å². The molecule has 25 heavy (non-hydrogen) atoms. The van der Waals surface area contributed by atoms with Gasteiger partial charge in [-0.1, -0.05) is 6.92 Å². The lowest BCUT2D eigenvalue weighted by Crippen LogP contribution is -2.26. The number of aryl methyl sites for hydroxylation is 2. The maximum absolute atomic E-state index is 12.3. The Kier molecular flexibility index (Phi) is 5.11. The van der Waals surface area contributed by atoms with E-state index in [2.05, 4.69) is 0 Å². The third-order valence-electron chi connectivity index (χ3n) is 4.71. The number of carbonyl (C=O) groups is 1. The van der Waals surface area contributed by atoms with Crippen LogP contribution in [0.2, 0.25) is 0 Å². The minimum atomic E-state index is -0.716. The average molecular weight is 344 g/mol. The number of hydrogen-bond donors (Lipinski definition) is 0. The molecule has 5 heteroatoms. The number of hydrogen-bond acceptors (Lipinski definition) is 5. The molecule has 1 atom stereocenters. The van der Waals surface area contributed by atoms with Crippen molar-refractivity contribution in [1.82, 2.24) is 0 Å². The van der Waals surface area contributed by atoms with E-state index < -0.39 is 12.1 Å². The lowest BCUT2D eigenvalue weighted by atomic mass is 9.90. The molecule has 0 fully saturated rings. The molecular weight excluding hydrogens is 320 g/mol. The normalized spacial score (nSPS) is 14.8. The summed E-state index contributed by atoms with van der Waals surface area (Å²) < 4.78 is 16.3. The van der Waals surface area contributed by atoms with E-state index >= 15 is 0 Å². The standard InChI is InChI=1S/C20H24O5/c1-4-13-10-16-14-8-6-7-9-15(14)20(22)25-18(16)11-17(13)24-12(3)19(21)23-5-2/h10-12H,4-9H2,1-3H3. The molecular formula is C20H24O5. The second-order valence-electron chi connectivity index (χ2n) is 6.38. The van der Waals surface area contributed by atoms with Crippen molar-refractivity contribution in [3.63, 3.8) is 0 Å². The van der Waals surface area contributed by atoms with Crippen LogP contribution in [0.1, 0.15) is 50.3 Å². The van der Waals surface area contributed by atoms with E-state index in [1.54, 1.807) is 19.9 Å². The zero-order chi connectivity index (χ0) is 18.0. The first-order chi connectivity index (χ1) is 12.0. The summed E-state index contributed by atoms with van der Waals surface area (Å²) in [5.41, 5.74) is 3.18. The van der Waals surface area contributed by atoms with E-state index in [4.69, 9.17) is 13.9 Å². The molecule has 1 aliphatic carbocycles. The van der Waals surface area contributed by atoms with Crippen LogP contribution in [0.15, 0.2) is 21.3 Å². The fraction of sp³-hybridized carbons (Fsp3) is 0.500. The lowest BCUT2D eigenvalue weighted by molar-refractivity contribution is -0.150. The van der Waals surface area contributed by atoms with Gasteiger partial charge in [-0.3, -0.25) is 0 Å². The number of ether oxygens (including phenoxy) is 2. The summed E-state index contributed by atoms with van der Waals surface area (Å²) >= 11 is 0. The predicted molar refractivity (Wildman–Crippen MR) is 95.2 cm³/mol. The maximum Gasteiger partial charge on any atom is 0.347 e. The van der Waals surface area contributed by atoms with Gasteiger partial charge < -0.3 is 13.9 Å². The second kappa shape index (κ2) is 7.30. The summed E-state index contributed by atoms with van der Waals surface area (Å²) in [7, 11) is 0. The molecule has 1 aromatic heterocycles. The molecule has 5 nitrogen and oxygen atoms in total. The minimum Gasteiger partial charge on any atom is -0.479 e. The number of rotatable bonds is 5. The van der Waals surface area contributed by atoms with E-state index in [0.29, 0.717) is 17.9 Å². The molecule has 1 heterocycles. The first-order valence-corrected chi connectivity index (χ1v) is 8.99. The van der Waals surface area contributed by atoms with Gasteiger partial charge in [0.05, 0.1) is 6.61 Å². The summed E-state index contributed by atoms with van der Waals surface area (Å²) in [5.74, 6) is 0.158. The molecule has 134 valence electrons. The zero-order valence-corrected chi connectivity index (χ0v) is 15.0. The number of benzene rings is 1. The van der Waals surface area contributed by atoms with Crippen LogP contribution >= 0.6 is 0 Å². The molecule has 3 rings (SSSR count). The van der Waals surface area contributed by atoms with Crippen molar-refractivity contribution >= 4 is 16.9 Å². The Hall–Kier alpha value is -2.30. The van der Waals surface area contributed by atoms with Crippen molar-refractivity contribution in [1.29, 1.82) is 0 Å². The van der Waals surface area contributed by atoms with Crippen molar-refractivity contribution in [2.24, 2.45) is 0 Å². The molecule has 0 amide bonds. The molecule has 0 bridgehead atoms. The van der Waals surface area contributed by atoms with Gasteiger partial charge in [0, 0.05) is 17.0 Å². The van der Waals surface area contributed by atoms with Crippen molar-refractivity contribution < 1.29 is 18.7 Å². The molecule has 1 aliphatic rings. The van der Waals surface area contributed by atoms with Crippen LogP contribution in [-0.4, -0.2) is 18.7 Å². The number of carbonyl (C=O) groups excluding carboxylic acids is 1. The average Bonchev–Trinajstić information content (AvgIpc) is 2.61. The highest BCUT2D eigenvalue weighted by Gasteiger charge is 2.21. The Balaban J connectivity index is 2.05. The van der Waals surface area contributed by atoms with Crippen LogP contribution in [0.3, 0.4) is 0 Å². The van der Waals surface area contributed by atoms with E-state index in [-0.39, 0.29) is 5.63 Å². The molecule has 0 saturated heterocycles. The fourth-order valence-corrected chi connectivity index (χ4v) is 3.40. The topological polar surface area (TPSA) is 65.7 Å². The fourth-order valence-electron chi connectivity index (χ4n) is 3.40. The molecule has 0 aliphatic heterocycles. The van der Waals surface area contributed by atoms with Crippen molar-refractivity contribution in [2.45, 2.75) is 59.0 Å². The maximum atomic E-state index is 12.3. The van der Waals surface area contributed by atoms with Gasteiger partial charge in [-0.05, 0) is 63.1 Å². The van der Waals surface area contributed by atoms with Crippen LogP contribution in [0, 0.1) is 0 Å². The third-order valence-corrected chi connectivity index (χ3v) is 4.71. The first kappa shape index (κ1) is 17.5. The van der Waals surface area contributed by atoms with Gasteiger partial charge in [0.25, 0.3) is 0 Å². The summed E-state index contributed by atoms with van der Waals surface area (Å²) in [6.45, 7) is 5.76. The SMILES string of the molecule is CCOC(=O)C(C)Oc1cc2oc(=O)c3c(c2cc1CC)CCCC3. The molecule has 0 radical (unpaired) electrons. The zero-order valence-electron chi connectivity index (χ0n) is 15.0. The lowest BCUT2D eigenvalue weighted by Gasteiger charge is -2.19. The number of esters is 1. The third kappa shape index (κ3) is 3.41. The van der Waals surface area contributed by atoms with Crippen LogP contribution in [0.4, 0.5) is 0 Å². The van der Waals surface area contributed by atoms with E-state index in [1.807, 2.05) is 13.0 Å². The van der Waals surface area contributed by atoms with Gasteiger partial charge in [0.2, 0.25) is 0 Å². The van der Waals surface area contributed by atoms with Crippen molar-refractivity contribution in [3.8, 4) is 5.75 Å². The quantitative estimate of drug-likeness (QED) is 0.613. The van der Waals surface area contributed by atoms with Gasteiger partial charge in [-0.15, -0.1) is 0 Å². The monoisotopic (exact) mass is 344 g/mol. The summed E-state index contributed by atoms with van der Waals surface area (Å²) in [4.78, 5) is 24.1. The molecule has 0 N–H and O–H groups in total. The van der Waals surface area contributed by atoms with Crippen LogP contribution < -0.4 is 10.4 Å². The largest absolute Gasteiger partial charge is 0.479 e. The Bertz CT molecular complexity index is 849. The van der Waals surface area contributed by atoms with Crippen molar-refractivity contribution in [3.05, 3.63) is 39.2 Å². The molecule has 1 unspecified atom stereocenters. The minimum absolute atomic E-state index is 0.254. The predicted octanol–water partition coefficient (Wildman–Crippen LogP) is 3.56. The molecule has 2 aromatic rings. The van der Waals surface area contributed by atoms with Crippen LogP contribution in [0.25, 0.3) is 11.0 Å². The smallest absolute Gasteiger partial charge is 0.347 e. The summed E-state index contributed by atoms with van der Waals surface area (Å²) in [5, 5.41) is 0.988. The highest BCUT2D eigenvalue weighted by molar-refractivity contribution is 5.84. The number of fused-ring (bicyclic) bond motifs is 3. The summed E-state index contributed by atoms with van der Waals surface area (Å²) in [6.07, 6.45) is 3.85. The van der Waals surface area contributed by atoms with E-state index in [9.17, 15) is 9.59 Å². The second-order valence-corrected chi connectivity index (χ2v) is 6.38. The first-order valence-electron chi connectivity index (χ1n) is 8.99. The van der Waals surface area contributed by atoms with E-state index in [0.717, 1.165) is 54.2 Å². The van der Waals surface area contributed by atoms with Gasteiger partial charge >= 0.3 is 11.6 Å².